The molecule has 0 fully saturated rings. The summed E-state index contributed by atoms with van der Waals surface area (Å²) in [6.45, 7) is 11.7. The van der Waals surface area contributed by atoms with Gasteiger partial charge in [0.1, 0.15) is 5.00 Å². The van der Waals surface area contributed by atoms with Crippen molar-refractivity contribution >= 4 is 28.2 Å². The first kappa shape index (κ1) is 18.2. The van der Waals surface area contributed by atoms with E-state index in [-0.39, 0.29) is 11.9 Å². The lowest BCUT2D eigenvalue weighted by atomic mass is 10.1. The Kier molecular flexibility index (Phi) is 5.43. The lowest BCUT2D eigenvalue weighted by Crippen LogP contribution is -2.16. The van der Waals surface area contributed by atoms with E-state index in [2.05, 4.69) is 10.4 Å². The molecule has 130 valence electrons. The number of aromatic nitrogens is 2. The van der Waals surface area contributed by atoms with E-state index >= 15 is 0 Å². The summed E-state index contributed by atoms with van der Waals surface area (Å²) in [7, 11) is 0. The van der Waals surface area contributed by atoms with Crippen LogP contribution in [0.5, 0.6) is 0 Å². The first-order chi connectivity index (χ1) is 11.3. The van der Waals surface area contributed by atoms with Crippen LogP contribution in [-0.2, 0) is 4.74 Å². The van der Waals surface area contributed by atoms with Crippen LogP contribution in [0.1, 0.15) is 63.8 Å². The van der Waals surface area contributed by atoms with Gasteiger partial charge in [0.25, 0.3) is 5.91 Å². The Morgan fingerprint density at radius 2 is 2.00 bits per heavy atom. The molecule has 0 aromatic carbocycles. The van der Waals surface area contributed by atoms with Crippen LogP contribution in [0.3, 0.4) is 0 Å². The summed E-state index contributed by atoms with van der Waals surface area (Å²) < 4.78 is 6.90. The first-order valence-corrected chi connectivity index (χ1v) is 8.72. The van der Waals surface area contributed by atoms with Crippen LogP contribution in [0.4, 0.5) is 5.00 Å². The van der Waals surface area contributed by atoms with Gasteiger partial charge in [0.2, 0.25) is 0 Å². The number of rotatable bonds is 5. The standard InChI is InChI=1S/C17H23N3O3S/c1-7-23-17(22)14-11(5)12(6)24-16(14)18-15(21)13-8-10(4)20(19-13)9(2)3/h8-9H,7H2,1-6H3,(H,18,21). The fraction of sp³-hybridized carbons (Fsp3) is 0.471. The smallest absolute Gasteiger partial charge is 0.341 e. The van der Waals surface area contributed by atoms with Gasteiger partial charge in [0.05, 0.1) is 12.2 Å². The van der Waals surface area contributed by atoms with Gasteiger partial charge in [-0.05, 0) is 53.2 Å². The molecule has 7 heteroatoms. The maximum absolute atomic E-state index is 12.5. The highest BCUT2D eigenvalue weighted by Gasteiger charge is 2.23. The predicted molar refractivity (Wildman–Crippen MR) is 95.1 cm³/mol. The second-order valence-electron chi connectivity index (χ2n) is 5.87. The van der Waals surface area contributed by atoms with E-state index < -0.39 is 5.97 Å². The van der Waals surface area contributed by atoms with Crippen LogP contribution in [0, 0.1) is 20.8 Å². The first-order valence-electron chi connectivity index (χ1n) is 7.90. The number of hydrogen-bond donors (Lipinski definition) is 1. The third-order valence-electron chi connectivity index (χ3n) is 3.74. The van der Waals surface area contributed by atoms with Crippen LogP contribution in [0.15, 0.2) is 6.07 Å². The Labute approximate surface area is 145 Å². The normalized spacial score (nSPS) is 11.0. The van der Waals surface area contributed by atoms with Gasteiger partial charge in [-0.15, -0.1) is 11.3 Å². The molecule has 6 nitrogen and oxygen atoms in total. The number of nitrogens with one attached hydrogen (secondary N) is 1. The van der Waals surface area contributed by atoms with Crippen LogP contribution in [0.2, 0.25) is 0 Å². The van der Waals surface area contributed by atoms with Crippen molar-refractivity contribution in [1.29, 1.82) is 0 Å². The summed E-state index contributed by atoms with van der Waals surface area (Å²) in [5, 5.41) is 7.65. The molecule has 2 aromatic rings. The van der Waals surface area contributed by atoms with Gasteiger partial charge in [0, 0.05) is 16.6 Å². The van der Waals surface area contributed by atoms with Crippen LogP contribution >= 0.6 is 11.3 Å². The van der Waals surface area contributed by atoms with Crippen molar-refractivity contribution in [2.75, 3.05) is 11.9 Å². The summed E-state index contributed by atoms with van der Waals surface area (Å²) in [6.07, 6.45) is 0. The molecule has 0 aliphatic heterocycles. The van der Waals surface area contributed by atoms with Crippen molar-refractivity contribution < 1.29 is 14.3 Å². The Balaban J connectivity index is 2.31. The quantitative estimate of drug-likeness (QED) is 0.831. The number of carbonyl (C=O) groups is 2. The molecule has 1 N–H and O–H groups in total. The monoisotopic (exact) mass is 349 g/mol. The zero-order chi connectivity index (χ0) is 18.0. The Morgan fingerprint density at radius 1 is 1.33 bits per heavy atom. The number of ether oxygens (including phenoxy) is 1. The van der Waals surface area contributed by atoms with E-state index in [1.807, 2.05) is 34.6 Å². The summed E-state index contributed by atoms with van der Waals surface area (Å²) in [5.41, 5.74) is 2.50. The van der Waals surface area contributed by atoms with Crippen molar-refractivity contribution in [2.45, 2.75) is 47.6 Å². The minimum atomic E-state index is -0.418. The molecule has 0 atom stereocenters. The van der Waals surface area contributed by atoms with Gasteiger partial charge in [0.15, 0.2) is 5.69 Å². The molecular weight excluding hydrogens is 326 g/mol. The highest BCUT2D eigenvalue weighted by atomic mass is 32.1. The van der Waals surface area contributed by atoms with Crippen molar-refractivity contribution in [3.8, 4) is 0 Å². The van der Waals surface area contributed by atoms with Crippen molar-refractivity contribution in [1.82, 2.24) is 9.78 Å². The minimum Gasteiger partial charge on any atom is -0.462 e. The van der Waals surface area contributed by atoms with E-state index in [9.17, 15) is 9.59 Å². The number of amides is 1. The third kappa shape index (κ3) is 3.51. The van der Waals surface area contributed by atoms with Crippen molar-refractivity contribution in [2.24, 2.45) is 0 Å². The molecule has 0 radical (unpaired) electrons. The third-order valence-corrected chi connectivity index (χ3v) is 4.86. The lowest BCUT2D eigenvalue weighted by molar-refractivity contribution is 0.0527. The Hall–Kier alpha value is -2.15. The number of aryl methyl sites for hydroxylation is 2. The summed E-state index contributed by atoms with van der Waals surface area (Å²) in [4.78, 5) is 25.7. The predicted octanol–water partition coefficient (Wildman–Crippen LogP) is 3.88. The fourth-order valence-corrected chi connectivity index (χ4v) is 3.50. The number of carbonyl (C=O) groups excluding carboxylic acids is 2. The number of hydrogen-bond acceptors (Lipinski definition) is 5. The summed E-state index contributed by atoms with van der Waals surface area (Å²) >= 11 is 1.37. The number of nitrogens with zero attached hydrogens (tertiary/aromatic N) is 2. The fourth-order valence-electron chi connectivity index (χ4n) is 2.45. The Bertz CT molecular complexity index is 774. The Morgan fingerprint density at radius 3 is 2.54 bits per heavy atom. The maximum atomic E-state index is 12.5. The largest absolute Gasteiger partial charge is 0.462 e. The minimum absolute atomic E-state index is 0.174. The lowest BCUT2D eigenvalue weighted by Gasteiger charge is -2.07. The molecule has 0 saturated carbocycles. The van der Waals surface area contributed by atoms with Crippen molar-refractivity contribution in [3.05, 3.63) is 33.5 Å². The van der Waals surface area contributed by atoms with Gasteiger partial charge in [-0.1, -0.05) is 0 Å². The van der Waals surface area contributed by atoms with E-state index in [1.165, 1.54) is 11.3 Å². The molecule has 1 amide bonds. The molecule has 2 aromatic heterocycles. The molecule has 24 heavy (non-hydrogen) atoms. The SMILES string of the molecule is CCOC(=O)c1c(NC(=O)c2cc(C)n(C(C)C)n2)sc(C)c1C. The molecule has 2 rings (SSSR count). The van der Waals surface area contributed by atoms with Gasteiger partial charge >= 0.3 is 5.97 Å². The molecule has 0 aliphatic rings. The van der Waals surface area contributed by atoms with Gasteiger partial charge < -0.3 is 10.1 Å². The van der Waals surface area contributed by atoms with Gasteiger partial charge in [-0.3, -0.25) is 9.48 Å². The number of esters is 1. The molecule has 0 unspecified atom stereocenters. The summed E-state index contributed by atoms with van der Waals surface area (Å²) in [5.74, 6) is -0.747. The van der Waals surface area contributed by atoms with E-state index in [4.69, 9.17) is 4.74 Å². The average Bonchev–Trinajstić information content (AvgIpc) is 3.01. The summed E-state index contributed by atoms with van der Waals surface area (Å²) in [6, 6.07) is 1.92. The molecule has 0 bridgehead atoms. The topological polar surface area (TPSA) is 73.2 Å². The van der Waals surface area contributed by atoms with Crippen LogP contribution in [-0.4, -0.2) is 28.3 Å². The van der Waals surface area contributed by atoms with Crippen molar-refractivity contribution in [3.63, 3.8) is 0 Å². The van der Waals surface area contributed by atoms with E-state index in [0.717, 1.165) is 16.1 Å². The van der Waals surface area contributed by atoms with E-state index in [1.54, 1.807) is 17.7 Å². The van der Waals surface area contributed by atoms with Crippen LogP contribution < -0.4 is 5.32 Å². The number of thiophene rings is 1. The highest BCUT2D eigenvalue weighted by molar-refractivity contribution is 7.16. The second-order valence-corrected chi connectivity index (χ2v) is 7.10. The van der Waals surface area contributed by atoms with Gasteiger partial charge in [-0.2, -0.15) is 5.10 Å². The zero-order valence-electron chi connectivity index (χ0n) is 14.9. The second kappa shape index (κ2) is 7.17. The molecular formula is C17H23N3O3S. The number of anilines is 1. The molecule has 0 aliphatic carbocycles. The van der Waals surface area contributed by atoms with Crippen LogP contribution in [0.25, 0.3) is 0 Å². The van der Waals surface area contributed by atoms with Gasteiger partial charge in [-0.25, -0.2) is 4.79 Å². The maximum Gasteiger partial charge on any atom is 0.341 e. The zero-order valence-corrected chi connectivity index (χ0v) is 15.7. The average molecular weight is 349 g/mol. The highest BCUT2D eigenvalue weighted by Crippen LogP contribution is 2.33. The molecule has 0 spiro atoms. The molecule has 0 saturated heterocycles. The molecule has 2 heterocycles. The van der Waals surface area contributed by atoms with E-state index in [0.29, 0.717) is 22.9 Å².